The van der Waals surface area contributed by atoms with Crippen molar-refractivity contribution in [2.45, 2.75) is 106 Å². The zero-order valence-electron chi connectivity index (χ0n) is 22.8. The molecule has 35 heavy (non-hydrogen) atoms. The molecule has 1 aliphatic heterocycles. The Kier molecular flexibility index (Phi) is 12.9. The Morgan fingerprint density at radius 3 is 2.37 bits per heavy atom. The van der Waals surface area contributed by atoms with Crippen LogP contribution in [-0.2, 0) is 9.59 Å². The Labute approximate surface area is 217 Å². The first-order valence-corrected chi connectivity index (χ1v) is 13.7. The third kappa shape index (κ3) is 9.89. The fraction of sp³-hybridized carbons (Fsp3) is 0.690. The first-order chi connectivity index (χ1) is 16.4. The van der Waals surface area contributed by atoms with Gasteiger partial charge in [0, 0.05) is 11.3 Å². The molecule has 2 rings (SSSR count). The number of thiazole rings is 1. The average molecular weight is 503 g/mol. The van der Waals surface area contributed by atoms with Gasteiger partial charge in [-0.15, -0.1) is 24.2 Å². The van der Waals surface area contributed by atoms with Gasteiger partial charge < -0.3 is 10.4 Å². The van der Waals surface area contributed by atoms with Crippen molar-refractivity contribution in [1.82, 2.24) is 10.3 Å². The highest BCUT2D eigenvalue weighted by Gasteiger charge is 2.39. The monoisotopic (exact) mass is 502 g/mol. The molecule has 196 valence electrons. The second kappa shape index (κ2) is 14.6. The minimum atomic E-state index is -1.01. The topological polar surface area (TPSA) is 79.3 Å². The predicted molar refractivity (Wildman–Crippen MR) is 147 cm³/mol. The van der Waals surface area contributed by atoms with Crippen LogP contribution in [0.1, 0.15) is 97.2 Å². The molecular formula is C29H46N2O3S. The molecule has 1 aliphatic rings. The highest BCUT2D eigenvalue weighted by molar-refractivity contribution is 7.09. The fourth-order valence-electron chi connectivity index (χ4n) is 4.92. The van der Waals surface area contributed by atoms with Gasteiger partial charge in [0.2, 0.25) is 5.91 Å². The molecule has 1 aromatic heterocycles. The van der Waals surface area contributed by atoms with E-state index in [2.05, 4.69) is 37.0 Å². The lowest BCUT2D eigenvalue weighted by atomic mass is 9.74. The molecular weight excluding hydrogens is 456 g/mol. The summed E-state index contributed by atoms with van der Waals surface area (Å²) in [4.78, 5) is 30.6. The molecule has 1 amide bonds. The van der Waals surface area contributed by atoms with Gasteiger partial charge in [-0.05, 0) is 56.6 Å². The number of carbonyl (C=O) groups is 2. The van der Waals surface area contributed by atoms with Crippen molar-refractivity contribution < 1.29 is 14.7 Å². The highest BCUT2D eigenvalue weighted by Crippen LogP contribution is 2.32. The summed E-state index contributed by atoms with van der Waals surface area (Å²) in [5.74, 6) is 0.748. The number of hydrogen-bond donors (Lipinski definition) is 2. The largest absolute Gasteiger partial charge is 0.392 e. The lowest BCUT2D eigenvalue weighted by Crippen LogP contribution is -2.45. The minimum Gasteiger partial charge on any atom is -0.392 e. The van der Waals surface area contributed by atoms with E-state index in [1.54, 1.807) is 25.2 Å². The summed E-state index contributed by atoms with van der Waals surface area (Å²) >= 11 is 1.61. The lowest BCUT2D eigenvalue weighted by Gasteiger charge is -2.33. The normalized spacial score (nSPS) is 29.5. The number of amides is 1. The number of ketones is 1. The average Bonchev–Trinajstić information content (AvgIpc) is 3.20. The molecule has 2 heterocycles. The third-order valence-corrected chi connectivity index (χ3v) is 8.08. The number of terminal acetylenes is 1. The molecule has 0 unspecified atom stereocenters. The Hall–Kier alpha value is -1.97. The number of aryl methyl sites for hydroxylation is 1. The molecule has 2 N–H and O–H groups in total. The van der Waals surface area contributed by atoms with Gasteiger partial charge in [-0.3, -0.25) is 9.59 Å². The van der Waals surface area contributed by atoms with E-state index in [9.17, 15) is 14.7 Å². The van der Waals surface area contributed by atoms with Gasteiger partial charge in [0.15, 0.2) is 0 Å². The molecule has 6 heteroatoms. The van der Waals surface area contributed by atoms with E-state index in [-0.39, 0.29) is 30.1 Å². The first kappa shape index (κ1) is 31.1. The van der Waals surface area contributed by atoms with Crippen LogP contribution in [-0.4, -0.2) is 33.9 Å². The van der Waals surface area contributed by atoms with Gasteiger partial charge in [-0.1, -0.05) is 53.9 Å². The summed E-state index contributed by atoms with van der Waals surface area (Å²) in [5, 5.41) is 17.1. The molecule has 0 bridgehead atoms. The van der Waals surface area contributed by atoms with Crippen LogP contribution >= 0.6 is 11.3 Å². The van der Waals surface area contributed by atoms with Crippen molar-refractivity contribution in [3.8, 4) is 12.8 Å². The molecule has 0 saturated carbocycles. The number of nitrogens with zero attached hydrogens (tertiary/aromatic N) is 1. The van der Waals surface area contributed by atoms with Crippen LogP contribution in [0.25, 0.3) is 6.08 Å². The van der Waals surface area contributed by atoms with Crippen molar-refractivity contribution in [1.29, 1.82) is 0 Å². The molecule has 1 fully saturated rings. The van der Waals surface area contributed by atoms with E-state index in [0.29, 0.717) is 11.8 Å². The third-order valence-electron chi connectivity index (χ3n) is 7.29. The van der Waals surface area contributed by atoms with Crippen molar-refractivity contribution in [2.75, 3.05) is 0 Å². The number of carbonyl (C=O) groups excluding carboxylic acids is 2. The summed E-state index contributed by atoms with van der Waals surface area (Å²) < 4.78 is 0. The number of aromatic nitrogens is 1. The van der Waals surface area contributed by atoms with Crippen LogP contribution in [0.4, 0.5) is 0 Å². The zero-order valence-corrected chi connectivity index (χ0v) is 23.6. The summed E-state index contributed by atoms with van der Waals surface area (Å²) in [6.45, 7) is 14.0. The van der Waals surface area contributed by atoms with Crippen LogP contribution in [0.15, 0.2) is 11.0 Å². The number of aliphatic hydroxyl groups excluding tert-OH is 1. The number of nitrogens with one attached hydrogen (secondary N) is 1. The van der Waals surface area contributed by atoms with Crippen molar-refractivity contribution >= 4 is 29.1 Å². The molecule has 1 saturated heterocycles. The summed E-state index contributed by atoms with van der Waals surface area (Å²) in [6, 6.07) is -0.112. The Bertz CT molecular complexity index is 870. The second-order valence-corrected chi connectivity index (χ2v) is 12.0. The van der Waals surface area contributed by atoms with E-state index in [1.165, 1.54) is 0 Å². The Morgan fingerprint density at radius 2 is 1.77 bits per heavy atom. The lowest BCUT2D eigenvalue weighted by molar-refractivity contribution is -0.139. The smallest absolute Gasteiger partial charge is 0.223 e. The van der Waals surface area contributed by atoms with Crippen molar-refractivity contribution in [3.63, 3.8) is 0 Å². The minimum absolute atomic E-state index is 0.0432. The quantitative estimate of drug-likeness (QED) is 0.472. The molecule has 5 atom stereocenters. The van der Waals surface area contributed by atoms with E-state index in [4.69, 9.17) is 0 Å². The summed E-state index contributed by atoms with van der Waals surface area (Å²) in [6.07, 6.45) is 15.1. The second-order valence-electron chi connectivity index (χ2n) is 11.0. The number of aliphatic hydroxyl groups is 1. The predicted octanol–water partition coefficient (Wildman–Crippen LogP) is 6.20. The Balaban J connectivity index is 0.00000298. The van der Waals surface area contributed by atoms with Crippen LogP contribution < -0.4 is 5.32 Å². The zero-order chi connectivity index (χ0) is 26.8. The molecule has 1 aromatic rings. The van der Waals surface area contributed by atoms with E-state index >= 15 is 0 Å². The summed E-state index contributed by atoms with van der Waals surface area (Å²) in [7, 11) is 0. The van der Waals surface area contributed by atoms with Gasteiger partial charge in [-0.25, -0.2) is 4.98 Å². The van der Waals surface area contributed by atoms with Gasteiger partial charge in [-0.2, -0.15) is 0 Å². The SMILES string of the molecule is C#C.C/C(=C\c1csc(C)n1)[C@@H]1CC[C@@H](C)CCC[C@H](C)C[C@@H](C)C(=O)C(C)(C)[C@@H](O)CC(=O)N1. The number of Topliss-reactive ketones (excluding diaryl/α,β-unsaturated/α-hetero) is 1. The Morgan fingerprint density at radius 1 is 1.14 bits per heavy atom. The van der Waals surface area contributed by atoms with Gasteiger partial charge in [0.05, 0.1) is 34.7 Å². The molecule has 0 aliphatic carbocycles. The number of rotatable bonds is 2. The van der Waals surface area contributed by atoms with Crippen LogP contribution in [0.2, 0.25) is 0 Å². The van der Waals surface area contributed by atoms with Gasteiger partial charge in [0.1, 0.15) is 5.78 Å². The van der Waals surface area contributed by atoms with E-state index < -0.39 is 11.5 Å². The van der Waals surface area contributed by atoms with Crippen LogP contribution in [0.5, 0.6) is 0 Å². The molecule has 0 radical (unpaired) electrons. The standard InChI is InChI=1S/C27H44N2O3S.C2H2/c1-17-9-8-10-18(2)13-20(4)26(32)27(6,7)24(30)15-25(31)29-23(12-11-17)19(3)14-22-16-33-21(5)28-22;1-2/h14,16-18,20,23-24,30H,8-13,15H2,1-7H3,(H,29,31);1-2H/b19-14+;/t17-,18-,20+,23-,24-;/m0./s1. The fourth-order valence-corrected chi connectivity index (χ4v) is 5.49. The van der Waals surface area contributed by atoms with E-state index in [1.807, 2.05) is 32.2 Å². The van der Waals surface area contributed by atoms with Crippen LogP contribution in [0.3, 0.4) is 0 Å². The first-order valence-electron chi connectivity index (χ1n) is 12.9. The maximum Gasteiger partial charge on any atom is 0.223 e. The highest BCUT2D eigenvalue weighted by atomic mass is 32.1. The maximum atomic E-state index is 13.1. The van der Waals surface area contributed by atoms with Crippen molar-refractivity contribution in [2.24, 2.45) is 23.2 Å². The number of hydrogen-bond acceptors (Lipinski definition) is 5. The van der Waals surface area contributed by atoms with Crippen molar-refractivity contribution in [3.05, 3.63) is 21.7 Å². The van der Waals surface area contributed by atoms with Gasteiger partial charge in [0.25, 0.3) is 0 Å². The molecule has 5 nitrogen and oxygen atoms in total. The van der Waals surface area contributed by atoms with E-state index in [0.717, 1.165) is 54.8 Å². The van der Waals surface area contributed by atoms with Gasteiger partial charge >= 0.3 is 0 Å². The van der Waals surface area contributed by atoms with Crippen LogP contribution in [0, 0.1) is 42.9 Å². The maximum absolute atomic E-state index is 13.1. The molecule has 0 aromatic carbocycles. The summed E-state index contributed by atoms with van der Waals surface area (Å²) in [5.41, 5.74) is 1.02. The molecule has 0 spiro atoms.